The molecule has 2 rings (SSSR count). The van der Waals surface area contributed by atoms with Crippen LogP contribution in [0.1, 0.15) is 75.9 Å². The third-order valence-corrected chi connectivity index (χ3v) is 5.55. The summed E-state index contributed by atoms with van der Waals surface area (Å²) in [4.78, 5) is 1.42. The van der Waals surface area contributed by atoms with Gasteiger partial charge < -0.3 is 5.32 Å². The van der Waals surface area contributed by atoms with Crippen molar-refractivity contribution >= 4 is 11.5 Å². The molecule has 0 saturated heterocycles. The van der Waals surface area contributed by atoms with E-state index in [4.69, 9.17) is 0 Å². The van der Waals surface area contributed by atoms with Gasteiger partial charge in [-0.25, -0.2) is 0 Å². The van der Waals surface area contributed by atoms with E-state index in [9.17, 15) is 0 Å². The highest BCUT2D eigenvalue weighted by atomic mass is 32.1. The molecule has 3 nitrogen and oxygen atoms in total. The summed E-state index contributed by atoms with van der Waals surface area (Å²) in [6.07, 6.45) is 9.09. The van der Waals surface area contributed by atoms with Gasteiger partial charge in [0.2, 0.25) is 0 Å². The molecule has 3 atom stereocenters. The second kappa shape index (κ2) is 8.08. The van der Waals surface area contributed by atoms with E-state index in [-0.39, 0.29) is 0 Å². The zero-order valence-corrected chi connectivity index (χ0v) is 14.0. The molecule has 1 aromatic heterocycles. The summed E-state index contributed by atoms with van der Waals surface area (Å²) in [6, 6.07) is 0.479. The van der Waals surface area contributed by atoms with Crippen LogP contribution in [0.5, 0.6) is 0 Å². The number of hydrogen-bond acceptors (Lipinski definition) is 4. The minimum absolute atomic E-state index is 0.479. The largest absolute Gasteiger partial charge is 0.309 e. The molecule has 20 heavy (non-hydrogen) atoms. The lowest BCUT2D eigenvalue weighted by molar-refractivity contribution is 0.178. The molecule has 1 aliphatic rings. The van der Waals surface area contributed by atoms with E-state index in [2.05, 4.69) is 35.7 Å². The van der Waals surface area contributed by atoms with E-state index in [1.807, 2.05) is 0 Å². The van der Waals surface area contributed by atoms with E-state index in [1.54, 1.807) is 11.5 Å². The Bertz CT molecular complexity index is 391. The molecule has 1 N–H and O–H groups in total. The van der Waals surface area contributed by atoms with Crippen molar-refractivity contribution < 1.29 is 0 Å². The fourth-order valence-electron chi connectivity index (χ4n) is 3.70. The lowest BCUT2D eigenvalue weighted by Gasteiger charge is -2.37. The molecule has 114 valence electrons. The van der Waals surface area contributed by atoms with Crippen molar-refractivity contribution in [2.75, 3.05) is 6.54 Å². The van der Waals surface area contributed by atoms with E-state index >= 15 is 0 Å². The standard InChI is InChI=1S/C16H29N3S/c1-4-9-14-16(20-19-18-14)15(17-6-3)13-11-8-7-10-12(13)5-2/h12-13,15,17H,4-11H2,1-3H3. The van der Waals surface area contributed by atoms with E-state index < -0.39 is 0 Å². The van der Waals surface area contributed by atoms with Gasteiger partial charge in [-0.3, -0.25) is 0 Å². The molecule has 0 amide bonds. The minimum atomic E-state index is 0.479. The molecule has 0 aliphatic heterocycles. The molecule has 1 aliphatic carbocycles. The van der Waals surface area contributed by atoms with Crippen LogP contribution in [0.25, 0.3) is 0 Å². The maximum Gasteiger partial charge on any atom is 0.0803 e. The molecular formula is C16H29N3S. The first-order valence-electron chi connectivity index (χ1n) is 8.36. The Morgan fingerprint density at radius 1 is 1.25 bits per heavy atom. The summed E-state index contributed by atoms with van der Waals surface area (Å²) >= 11 is 1.62. The molecule has 1 fully saturated rings. The first-order chi connectivity index (χ1) is 9.81. The van der Waals surface area contributed by atoms with Crippen LogP contribution in [0.3, 0.4) is 0 Å². The summed E-state index contributed by atoms with van der Waals surface area (Å²) < 4.78 is 4.24. The van der Waals surface area contributed by atoms with Gasteiger partial charge in [0.25, 0.3) is 0 Å². The van der Waals surface area contributed by atoms with Gasteiger partial charge in [0.15, 0.2) is 0 Å². The van der Waals surface area contributed by atoms with Crippen LogP contribution in [0.4, 0.5) is 0 Å². The van der Waals surface area contributed by atoms with Gasteiger partial charge in [-0.15, -0.1) is 5.10 Å². The second-order valence-electron chi connectivity index (χ2n) is 5.99. The summed E-state index contributed by atoms with van der Waals surface area (Å²) in [7, 11) is 0. The Hall–Kier alpha value is -0.480. The highest BCUT2D eigenvalue weighted by Gasteiger charge is 2.33. The zero-order chi connectivity index (χ0) is 14.4. The van der Waals surface area contributed by atoms with Crippen LogP contribution in [0.15, 0.2) is 0 Å². The molecule has 0 spiro atoms. The zero-order valence-electron chi connectivity index (χ0n) is 13.2. The SMILES string of the molecule is CCCc1nnsc1C(NCC)C1CCCCC1CC. The van der Waals surface area contributed by atoms with Crippen molar-refractivity contribution in [3.8, 4) is 0 Å². The smallest absolute Gasteiger partial charge is 0.0803 e. The molecule has 0 bridgehead atoms. The average molecular weight is 295 g/mol. The maximum absolute atomic E-state index is 4.38. The highest BCUT2D eigenvalue weighted by molar-refractivity contribution is 7.05. The monoisotopic (exact) mass is 295 g/mol. The van der Waals surface area contributed by atoms with Gasteiger partial charge in [0.05, 0.1) is 10.6 Å². The lowest BCUT2D eigenvalue weighted by Crippen LogP contribution is -2.34. The van der Waals surface area contributed by atoms with Crippen LogP contribution in [0.2, 0.25) is 0 Å². The number of hydrogen-bond donors (Lipinski definition) is 1. The molecule has 0 aromatic carbocycles. The summed E-state index contributed by atoms with van der Waals surface area (Å²) in [5.41, 5.74) is 1.24. The Morgan fingerprint density at radius 3 is 2.75 bits per heavy atom. The van der Waals surface area contributed by atoms with Crippen LogP contribution in [-0.2, 0) is 6.42 Å². The van der Waals surface area contributed by atoms with Crippen LogP contribution in [0, 0.1) is 11.8 Å². The number of aryl methyl sites for hydroxylation is 1. The van der Waals surface area contributed by atoms with Gasteiger partial charge in [0.1, 0.15) is 0 Å². The summed E-state index contributed by atoms with van der Waals surface area (Å²) in [5.74, 6) is 1.64. The molecule has 3 unspecified atom stereocenters. The fourth-order valence-corrected chi connectivity index (χ4v) is 4.55. The third kappa shape index (κ3) is 3.59. The number of aromatic nitrogens is 2. The summed E-state index contributed by atoms with van der Waals surface area (Å²) in [5, 5.41) is 8.13. The maximum atomic E-state index is 4.38. The number of nitrogens with one attached hydrogen (secondary N) is 1. The van der Waals surface area contributed by atoms with Crippen LogP contribution >= 0.6 is 11.5 Å². The van der Waals surface area contributed by atoms with Gasteiger partial charge in [-0.05, 0) is 42.8 Å². The summed E-state index contributed by atoms with van der Waals surface area (Å²) in [6.45, 7) is 7.82. The van der Waals surface area contributed by atoms with Crippen molar-refractivity contribution in [2.24, 2.45) is 11.8 Å². The van der Waals surface area contributed by atoms with Crippen molar-refractivity contribution in [2.45, 2.75) is 71.8 Å². The normalized spacial score (nSPS) is 24.8. The number of rotatable bonds is 7. The predicted octanol–water partition coefficient (Wildman–Crippen LogP) is 4.36. The van der Waals surface area contributed by atoms with Gasteiger partial charge in [0, 0.05) is 6.04 Å². The minimum Gasteiger partial charge on any atom is -0.309 e. The fraction of sp³-hybridized carbons (Fsp3) is 0.875. The van der Waals surface area contributed by atoms with E-state index in [1.165, 1.54) is 42.7 Å². The van der Waals surface area contributed by atoms with Crippen molar-refractivity contribution in [3.63, 3.8) is 0 Å². The molecule has 1 saturated carbocycles. The van der Waals surface area contributed by atoms with Crippen molar-refractivity contribution in [1.29, 1.82) is 0 Å². The molecule has 0 radical (unpaired) electrons. The Labute approximate surface area is 127 Å². The van der Waals surface area contributed by atoms with Crippen LogP contribution in [-0.4, -0.2) is 16.1 Å². The van der Waals surface area contributed by atoms with Crippen molar-refractivity contribution in [1.82, 2.24) is 14.9 Å². The van der Waals surface area contributed by atoms with Crippen molar-refractivity contribution in [3.05, 3.63) is 10.6 Å². The third-order valence-electron chi connectivity index (χ3n) is 4.70. The first kappa shape index (κ1) is 15.9. The second-order valence-corrected chi connectivity index (χ2v) is 6.77. The molecule has 1 heterocycles. The lowest BCUT2D eigenvalue weighted by atomic mass is 9.73. The Balaban J connectivity index is 2.22. The highest BCUT2D eigenvalue weighted by Crippen LogP contribution is 2.41. The molecule has 1 aromatic rings. The number of nitrogens with zero attached hydrogens (tertiary/aromatic N) is 2. The first-order valence-corrected chi connectivity index (χ1v) is 9.13. The molecule has 4 heteroatoms. The molecular weight excluding hydrogens is 266 g/mol. The van der Waals surface area contributed by atoms with Gasteiger partial charge in [-0.1, -0.05) is 57.4 Å². The van der Waals surface area contributed by atoms with Crippen LogP contribution < -0.4 is 5.32 Å². The van der Waals surface area contributed by atoms with E-state index in [0.717, 1.165) is 31.2 Å². The Kier molecular flexibility index (Phi) is 6.43. The predicted molar refractivity (Wildman–Crippen MR) is 86.1 cm³/mol. The topological polar surface area (TPSA) is 37.8 Å². The average Bonchev–Trinajstić information content (AvgIpc) is 2.93. The van der Waals surface area contributed by atoms with E-state index in [0.29, 0.717) is 6.04 Å². The van der Waals surface area contributed by atoms with Gasteiger partial charge in [-0.2, -0.15) is 0 Å². The van der Waals surface area contributed by atoms with Gasteiger partial charge >= 0.3 is 0 Å². The Morgan fingerprint density at radius 2 is 2.05 bits per heavy atom. The quantitative estimate of drug-likeness (QED) is 0.812.